The van der Waals surface area contributed by atoms with Crippen LogP contribution in [0.2, 0.25) is 0 Å². The highest BCUT2D eigenvalue weighted by molar-refractivity contribution is 5.85. The average molecular weight is 437 g/mol. The molecule has 0 unspecified atom stereocenters. The van der Waals surface area contributed by atoms with Crippen LogP contribution in [-0.4, -0.2) is 36.7 Å². The van der Waals surface area contributed by atoms with Crippen LogP contribution in [0.1, 0.15) is 34.2 Å². The summed E-state index contributed by atoms with van der Waals surface area (Å²) in [6.07, 6.45) is 1.26. The van der Waals surface area contributed by atoms with Gasteiger partial charge in [0.15, 0.2) is 11.5 Å². The van der Waals surface area contributed by atoms with Gasteiger partial charge in [-0.1, -0.05) is 0 Å². The van der Waals surface area contributed by atoms with Gasteiger partial charge < -0.3 is 23.9 Å². The third kappa shape index (κ3) is 3.79. The topological polar surface area (TPSA) is 89.2 Å². The summed E-state index contributed by atoms with van der Waals surface area (Å²) in [5, 5.41) is 10.7. The molecule has 32 heavy (non-hydrogen) atoms. The number of hydrogen-bond donors (Lipinski definition) is 1. The minimum Gasteiger partial charge on any atom is -0.508 e. The third-order valence-corrected chi connectivity index (χ3v) is 6.33. The highest BCUT2D eigenvalue weighted by atomic mass is 16.5. The second kappa shape index (κ2) is 8.57. The number of carbonyl (C=O) groups excluding carboxylic acids is 1. The van der Waals surface area contributed by atoms with Crippen LogP contribution in [-0.2, 0) is 24.2 Å². The van der Waals surface area contributed by atoms with E-state index in [-0.39, 0.29) is 18.1 Å². The van der Waals surface area contributed by atoms with E-state index in [0.717, 1.165) is 28.5 Å². The first kappa shape index (κ1) is 21.7. The van der Waals surface area contributed by atoms with Crippen molar-refractivity contribution in [2.45, 2.75) is 39.7 Å². The fraction of sp³-hybridized carbons (Fsp3) is 0.360. The molecule has 7 nitrogen and oxygen atoms in total. The van der Waals surface area contributed by atoms with Gasteiger partial charge in [0.05, 0.1) is 14.2 Å². The normalized spacial score (nSPS) is 13.2. The monoisotopic (exact) mass is 437 g/mol. The Bertz CT molecular complexity index is 1260. The summed E-state index contributed by atoms with van der Waals surface area (Å²) in [5.41, 5.74) is 3.93. The molecule has 7 heteroatoms. The maximum atomic E-state index is 12.9. The molecule has 168 valence electrons. The van der Waals surface area contributed by atoms with Crippen molar-refractivity contribution in [3.05, 3.63) is 62.5 Å². The number of fused-ring (bicyclic) bond motifs is 2. The number of phenols is 1. The lowest BCUT2D eigenvalue weighted by Gasteiger charge is -2.29. The highest BCUT2D eigenvalue weighted by Crippen LogP contribution is 2.33. The van der Waals surface area contributed by atoms with Crippen molar-refractivity contribution in [3.63, 3.8) is 0 Å². The number of ether oxygens (including phenoxy) is 2. The molecule has 0 fully saturated rings. The van der Waals surface area contributed by atoms with Crippen LogP contribution in [0.4, 0.5) is 0 Å². The molecule has 0 saturated heterocycles. The number of aryl methyl sites for hydroxylation is 2. The van der Waals surface area contributed by atoms with Gasteiger partial charge in [0.25, 0.3) is 0 Å². The van der Waals surface area contributed by atoms with Gasteiger partial charge in [-0.15, -0.1) is 0 Å². The number of amides is 1. The Morgan fingerprint density at radius 3 is 2.47 bits per heavy atom. The summed E-state index contributed by atoms with van der Waals surface area (Å²) >= 11 is 0. The molecule has 2 heterocycles. The van der Waals surface area contributed by atoms with Crippen LogP contribution in [0, 0.1) is 13.8 Å². The molecule has 3 aromatic rings. The molecular weight excluding hydrogens is 410 g/mol. The molecule has 0 bridgehead atoms. The summed E-state index contributed by atoms with van der Waals surface area (Å²) in [6.45, 7) is 4.68. The van der Waals surface area contributed by atoms with E-state index in [1.54, 1.807) is 33.3 Å². The molecule has 0 radical (unpaired) electrons. The largest absolute Gasteiger partial charge is 0.508 e. The van der Waals surface area contributed by atoms with Gasteiger partial charge in [-0.2, -0.15) is 0 Å². The molecule has 1 aliphatic rings. The smallest absolute Gasteiger partial charge is 0.339 e. The molecule has 0 aliphatic carbocycles. The maximum Gasteiger partial charge on any atom is 0.339 e. The van der Waals surface area contributed by atoms with E-state index in [0.29, 0.717) is 47.7 Å². The quantitative estimate of drug-likeness (QED) is 0.613. The third-order valence-electron chi connectivity index (χ3n) is 6.33. The van der Waals surface area contributed by atoms with Crippen LogP contribution in [0.5, 0.6) is 17.2 Å². The Balaban J connectivity index is 1.52. The fourth-order valence-corrected chi connectivity index (χ4v) is 4.35. The second-order valence-electron chi connectivity index (χ2n) is 8.12. The van der Waals surface area contributed by atoms with Crippen molar-refractivity contribution in [1.29, 1.82) is 0 Å². The van der Waals surface area contributed by atoms with Crippen molar-refractivity contribution < 1.29 is 23.8 Å². The Morgan fingerprint density at radius 2 is 1.78 bits per heavy atom. The molecule has 2 aromatic carbocycles. The minimum absolute atomic E-state index is 0.00813. The Morgan fingerprint density at radius 1 is 1.09 bits per heavy atom. The van der Waals surface area contributed by atoms with Gasteiger partial charge in [-0.25, -0.2) is 4.79 Å². The molecule has 1 amide bonds. The number of methoxy groups -OCH3 is 2. The van der Waals surface area contributed by atoms with E-state index < -0.39 is 5.63 Å². The lowest BCUT2D eigenvalue weighted by molar-refractivity contribution is -0.132. The van der Waals surface area contributed by atoms with E-state index >= 15 is 0 Å². The van der Waals surface area contributed by atoms with Crippen LogP contribution in [0.15, 0.2) is 33.5 Å². The van der Waals surface area contributed by atoms with Crippen LogP contribution >= 0.6 is 0 Å². The number of carbonyl (C=O) groups is 1. The molecule has 0 saturated carbocycles. The van der Waals surface area contributed by atoms with Crippen LogP contribution in [0.25, 0.3) is 11.0 Å². The maximum absolute atomic E-state index is 12.9. The van der Waals surface area contributed by atoms with Crippen molar-refractivity contribution in [2.24, 2.45) is 0 Å². The summed E-state index contributed by atoms with van der Waals surface area (Å²) in [7, 11) is 3.20. The molecule has 1 N–H and O–H groups in total. The van der Waals surface area contributed by atoms with E-state index in [2.05, 4.69) is 0 Å². The van der Waals surface area contributed by atoms with Gasteiger partial charge >= 0.3 is 5.63 Å². The Kier molecular flexibility index (Phi) is 5.82. The number of benzene rings is 2. The number of hydrogen-bond acceptors (Lipinski definition) is 6. The standard InChI is InChI=1S/C25H27NO6/c1-14-18-5-7-20(27)15(2)24(18)32-25(29)19(14)6-8-23(28)26-10-9-16-11-21(30-3)22(31-4)12-17(16)13-26/h5,7,11-12,27H,6,8-10,13H2,1-4H3. The first-order valence-corrected chi connectivity index (χ1v) is 10.6. The lowest BCUT2D eigenvalue weighted by atomic mass is 9.97. The molecule has 0 spiro atoms. The second-order valence-corrected chi connectivity index (χ2v) is 8.12. The van der Waals surface area contributed by atoms with Gasteiger partial charge in [0.1, 0.15) is 11.3 Å². The summed E-state index contributed by atoms with van der Waals surface area (Å²) in [4.78, 5) is 27.4. The summed E-state index contributed by atoms with van der Waals surface area (Å²) in [5.74, 6) is 1.41. The van der Waals surface area contributed by atoms with Gasteiger partial charge in [0, 0.05) is 36.0 Å². The zero-order chi connectivity index (χ0) is 23.0. The van der Waals surface area contributed by atoms with E-state index in [4.69, 9.17) is 13.9 Å². The highest BCUT2D eigenvalue weighted by Gasteiger charge is 2.23. The first-order chi connectivity index (χ1) is 15.3. The van der Waals surface area contributed by atoms with Crippen molar-refractivity contribution in [3.8, 4) is 17.2 Å². The minimum atomic E-state index is -0.461. The lowest BCUT2D eigenvalue weighted by Crippen LogP contribution is -2.36. The van der Waals surface area contributed by atoms with Gasteiger partial charge in [-0.3, -0.25) is 4.79 Å². The van der Waals surface area contributed by atoms with Crippen molar-refractivity contribution in [1.82, 2.24) is 4.90 Å². The SMILES string of the molecule is COc1cc2c(cc1OC)CN(C(=O)CCc1c(C)c3ccc(O)c(C)c3oc1=O)CC2. The Labute approximate surface area is 186 Å². The predicted molar refractivity (Wildman–Crippen MR) is 121 cm³/mol. The number of rotatable bonds is 5. The van der Waals surface area contributed by atoms with Crippen LogP contribution < -0.4 is 15.1 Å². The molecule has 1 aromatic heterocycles. The average Bonchev–Trinajstić information content (AvgIpc) is 2.80. The molecule has 4 rings (SSSR count). The molecular formula is C25H27NO6. The Hall–Kier alpha value is -3.48. The predicted octanol–water partition coefficient (Wildman–Crippen LogP) is 3.65. The summed E-state index contributed by atoms with van der Waals surface area (Å²) in [6, 6.07) is 7.23. The number of phenolic OH excluding ortho intramolecular Hbond substituents is 1. The van der Waals surface area contributed by atoms with E-state index in [9.17, 15) is 14.7 Å². The van der Waals surface area contributed by atoms with Gasteiger partial charge in [0.2, 0.25) is 5.91 Å². The molecule has 0 atom stereocenters. The number of aromatic hydroxyl groups is 1. The fourth-order valence-electron chi connectivity index (χ4n) is 4.35. The van der Waals surface area contributed by atoms with Gasteiger partial charge in [-0.05, 0) is 67.6 Å². The molecule has 1 aliphatic heterocycles. The van der Waals surface area contributed by atoms with Crippen LogP contribution in [0.3, 0.4) is 0 Å². The van der Waals surface area contributed by atoms with Crippen molar-refractivity contribution in [2.75, 3.05) is 20.8 Å². The zero-order valence-electron chi connectivity index (χ0n) is 18.8. The van der Waals surface area contributed by atoms with Crippen molar-refractivity contribution >= 4 is 16.9 Å². The van der Waals surface area contributed by atoms with E-state index in [1.807, 2.05) is 24.0 Å². The first-order valence-electron chi connectivity index (χ1n) is 10.6. The van der Waals surface area contributed by atoms with E-state index in [1.165, 1.54) is 0 Å². The number of nitrogens with zero attached hydrogens (tertiary/aromatic N) is 1. The summed E-state index contributed by atoms with van der Waals surface area (Å²) < 4.78 is 16.3. The zero-order valence-corrected chi connectivity index (χ0v) is 18.8.